The number of ether oxygens (including phenoxy) is 1. The Labute approximate surface area is 106 Å². The van der Waals surface area contributed by atoms with E-state index in [9.17, 15) is 4.79 Å². The average Bonchev–Trinajstić information content (AvgIpc) is 2.78. The molecule has 2 aromatic rings. The summed E-state index contributed by atoms with van der Waals surface area (Å²) in [5.41, 5.74) is 0.204. The van der Waals surface area contributed by atoms with E-state index >= 15 is 0 Å². The molecule has 88 valence electrons. The predicted octanol–water partition coefficient (Wildman–Crippen LogP) is 3.32. The second-order valence-corrected chi connectivity index (χ2v) is 4.17. The Morgan fingerprint density at radius 1 is 1.41 bits per heavy atom. The molecule has 0 atom stereocenters. The summed E-state index contributed by atoms with van der Waals surface area (Å²) in [5, 5.41) is 8.85. The number of aromatic carboxylic acids is 1. The summed E-state index contributed by atoms with van der Waals surface area (Å²) < 4.78 is 11.1. The van der Waals surface area contributed by atoms with Gasteiger partial charge in [-0.2, -0.15) is 0 Å². The Balaban J connectivity index is 2.07. The topological polar surface area (TPSA) is 59.7 Å². The minimum Gasteiger partial charge on any atom is -0.486 e. The molecule has 4 nitrogen and oxygen atoms in total. The van der Waals surface area contributed by atoms with Crippen LogP contribution in [-0.4, -0.2) is 11.1 Å². The Morgan fingerprint density at radius 2 is 2.24 bits per heavy atom. The van der Waals surface area contributed by atoms with E-state index in [0.717, 1.165) is 0 Å². The molecule has 1 heterocycles. The molecule has 5 heteroatoms. The predicted molar refractivity (Wildman–Crippen MR) is 64.1 cm³/mol. The highest BCUT2D eigenvalue weighted by Gasteiger charge is 2.09. The van der Waals surface area contributed by atoms with Crippen LogP contribution >= 0.6 is 15.9 Å². The number of halogens is 1. The van der Waals surface area contributed by atoms with E-state index in [2.05, 4.69) is 15.9 Å². The van der Waals surface area contributed by atoms with Gasteiger partial charge in [-0.05, 0) is 46.3 Å². The molecule has 0 spiro atoms. The second kappa shape index (κ2) is 5.05. The summed E-state index contributed by atoms with van der Waals surface area (Å²) in [7, 11) is 0. The fourth-order valence-corrected chi connectivity index (χ4v) is 1.84. The molecule has 17 heavy (non-hydrogen) atoms. The molecule has 2 rings (SSSR count). The number of carbonyl (C=O) groups is 1. The van der Waals surface area contributed by atoms with Crippen molar-refractivity contribution in [3.63, 3.8) is 0 Å². The number of benzene rings is 1. The maximum atomic E-state index is 10.8. The number of hydrogen-bond acceptors (Lipinski definition) is 3. The number of carboxylic acids is 1. The van der Waals surface area contributed by atoms with Gasteiger partial charge in [0.05, 0.1) is 11.8 Å². The fraction of sp³-hybridized carbons (Fsp3) is 0.0833. The highest BCUT2D eigenvalue weighted by atomic mass is 79.9. The van der Waals surface area contributed by atoms with Gasteiger partial charge in [-0.1, -0.05) is 0 Å². The Bertz CT molecular complexity index is 519. The zero-order valence-electron chi connectivity index (χ0n) is 8.72. The van der Waals surface area contributed by atoms with Crippen molar-refractivity contribution in [2.24, 2.45) is 0 Å². The lowest BCUT2D eigenvalue weighted by Gasteiger charge is -2.06. The summed E-state index contributed by atoms with van der Waals surface area (Å²) in [5.74, 6) is 0.316. The normalized spacial score (nSPS) is 10.2. The first-order valence-electron chi connectivity index (χ1n) is 4.85. The number of carboxylic acid groups (broad SMARTS) is 1. The summed E-state index contributed by atoms with van der Waals surface area (Å²) in [4.78, 5) is 10.8. The van der Waals surface area contributed by atoms with Gasteiger partial charge in [-0.15, -0.1) is 0 Å². The molecule has 0 aliphatic rings. The SMILES string of the molecule is O=C(O)c1ccc(OCc2ccco2)cc1Br. The quantitative estimate of drug-likeness (QED) is 0.940. The van der Waals surface area contributed by atoms with Gasteiger partial charge in [-0.25, -0.2) is 4.79 Å². The van der Waals surface area contributed by atoms with E-state index in [4.69, 9.17) is 14.3 Å². The van der Waals surface area contributed by atoms with Crippen molar-refractivity contribution in [2.75, 3.05) is 0 Å². The lowest BCUT2D eigenvalue weighted by atomic mass is 10.2. The molecule has 0 radical (unpaired) electrons. The van der Waals surface area contributed by atoms with Crippen LogP contribution in [0.15, 0.2) is 45.5 Å². The van der Waals surface area contributed by atoms with Crippen molar-refractivity contribution < 1.29 is 19.1 Å². The molecule has 1 N–H and O–H groups in total. The number of rotatable bonds is 4. The maximum Gasteiger partial charge on any atom is 0.336 e. The largest absolute Gasteiger partial charge is 0.486 e. The zero-order chi connectivity index (χ0) is 12.3. The lowest BCUT2D eigenvalue weighted by Crippen LogP contribution is -1.99. The molecular formula is C12H9BrO4. The standard InChI is InChI=1S/C12H9BrO4/c13-11-6-8(3-4-10(11)12(14)15)17-7-9-2-1-5-16-9/h1-6H,7H2,(H,14,15). The molecule has 0 unspecified atom stereocenters. The second-order valence-electron chi connectivity index (χ2n) is 3.31. The molecule has 0 bridgehead atoms. The Morgan fingerprint density at radius 3 is 2.82 bits per heavy atom. The van der Waals surface area contributed by atoms with Gasteiger partial charge in [-0.3, -0.25) is 0 Å². The van der Waals surface area contributed by atoms with Crippen LogP contribution in [0.25, 0.3) is 0 Å². The van der Waals surface area contributed by atoms with Crippen molar-refractivity contribution in [3.05, 3.63) is 52.4 Å². The number of furan rings is 1. The molecule has 1 aromatic heterocycles. The summed E-state index contributed by atoms with van der Waals surface area (Å²) >= 11 is 3.18. The van der Waals surface area contributed by atoms with Gasteiger partial charge in [0.1, 0.15) is 18.1 Å². The minimum absolute atomic E-state index is 0.204. The third-order valence-electron chi connectivity index (χ3n) is 2.13. The highest BCUT2D eigenvalue weighted by molar-refractivity contribution is 9.10. The minimum atomic E-state index is -0.977. The third kappa shape index (κ3) is 2.88. The van der Waals surface area contributed by atoms with E-state index in [1.54, 1.807) is 30.5 Å². The van der Waals surface area contributed by atoms with Gasteiger partial charge in [0.15, 0.2) is 0 Å². The van der Waals surface area contributed by atoms with Crippen molar-refractivity contribution in [2.45, 2.75) is 6.61 Å². The van der Waals surface area contributed by atoms with Crippen LogP contribution in [0.1, 0.15) is 16.1 Å². The van der Waals surface area contributed by atoms with Crippen LogP contribution in [0, 0.1) is 0 Å². The summed E-state index contributed by atoms with van der Waals surface area (Å²) in [6, 6.07) is 8.30. The van der Waals surface area contributed by atoms with Crippen LogP contribution in [0.3, 0.4) is 0 Å². The molecule has 0 saturated heterocycles. The van der Waals surface area contributed by atoms with E-state index in [-0.39, 0.29) is 5.56 Å². The van der Waals surface area contributed by atoms with Gasteiger partial charge in [0.25, 0.3) is 0 Å². The third-order valence-corrected chi connectivity index (χ3v) is 2.79. The van der Waals surface area contributed by atoms with Crippen LogP contribution in [0.2, 0.25) is 0 Å². The molecule has 0 saturated carbocycles. The Hall–Kier alpha value is -1.75. The smallest absolute Gasteiger partial charge is 0.336 e. The van der Waals surface area contributed by atoms with Crippen molar-refractivity contribution >= 4 is 21.9 Å². The number of hydrogen-bond donors (Lipinski definition) is 1. The summed E-state index contributed by atoms with van der Waals surface area (Å²) in [6.07, 6.45) is 1.57. The Kier molecular flexibility index (Phi) is 3.49. The van der Waals surface area contributed by atoms with Gasteiger partial charge < -0.3 is 14.3 Å². The highest BCUT2D eigenvalue weighted by Crippen LogP contribution is 2.23. The van der Waals surface area contributed by atoms with Crippen molar-refractivity contribution in [1.82, 2.24) is 0 Å². The lowest BCUT2D eigenvalue weighted by molar-refractivity contribution is 0.0696. The van der Waals surface area contributed by atoms with Crippen LogP contribution in [0.4, 0.5) is 0 Å². The van der Waals surface area contributed by atoms with Crippen LogP contribution < -0.4 is 4.74 Å². The average molecular weight is 297 g/mol. The molecule has 0 aliphatic heterocycles. The van der Waals surface area contributed by atoms with Gasteiger partial charge in [0.2, 0.25) is 0 Å². The monoisotopic (exact) mass is 296 g/mol. The molecule has 1 aromatic carbocycles. The molecule has 0 fully saturated rings. The van der Waals surface area contributed by atoms with Gasteiger partial charge >= 0.3 is 5.97 Å². The fourth-order valence-electron chi connectivity index (χ4n) is 1.31. The first kappa shape index (κ1) is 11.7. The van der Waals surface area contributed by atoms with Crippen molar-refractivity contribution in [1.29, 1.82) is 0 Å². The van der Waals surface area contributed by atoms with E-state index < -0.39 is 5.97 Å². The van der Waals surface area contributed by atoms with Crippen molar-refractivity contribution in [3.8, 4) is 5.75 Å². The zero-order valence-corrected chi connectivity index (χ0v) is 10.3. The van der Waals surface area contributed by atoms with E-state index in [1.165, 1.54) is 6.07 Å². The van der Waals surface area contributed by atoms with E-state index in [1.807, 2.05) is 0 Å². The maximum absolute atomic E-state index is 10.8. The molecule has 0 amide bonds. The molecule has 0 aliphatic carbocycles. The summed E-state index contributed by atoms with van der Waals surface area (Å²) in [6.45, 7) is 0.311. The van der Waals surface area contributed by atoms with Crippen LogP contribution in [0.5, 0.6) is 5.75 Å². The molecular weight excluding hydrogens is 288 g/mol. The van der Waals surface area contributed by atoms with Gasteiger partial charge in [0, 0.05) is 4.47 Å². The van der Waals surface area contributed by atoms with E-state index in [0.29, 0.717) is 22.6 Å². The van der Waals surface area contributed by atoms with Crippen LogP contribution in [-0.2, 0) is 6.61 Å². The first-order chi connectivity index (χ1) is 8.16. The first-order valence-corrected chi connectivity index (χ1v) is 5.64.